The Morgan fingerprint density at radius 3 is 2.38 bits per heavy atom. The molecule has 0 bridgehead atoms. The summed E-state index contributed by atoms with van der Waals surface area (Å²) < 4.78 is 24.2. The molecule has 2 aromatic carbocycles. The topological polar surface area (TPSA) is 61.0 Å². The molecule has 0 saturated heterocycles. The maximum Gasteiger partial charge on any atom is 0.258 e. The number of methoxy groups -OCH3 is 1. The predicted octanol–water partition coefficient (Wildman–Crippen LogP) is 5.57. The molecule has 2 heterocycles. The minimum Gasteiger partial charge on any atom is -0.494 e. The van der Waals surface area contributed by atoms with Crippen LogP contribution in [0.4, 0.5) is 4.39 Å². The summed E-state index contributed by atoms with van der Waals surface area (Å²) in [7, 11) is 1.42. The molecule has 0 unspecified atom stereocenters. The first kappa shape index (κ1) is 18.8. The summed E-state index contributed by atoms with van der Waals surface area (Å²) in [5.74, 6) is 0.375. The lowest BCUT2D eigenvalue weighted by Crippen LogP contribution is -1.89. The number of hydrogen-bond donors (Lipinski definition) is 0. The number of halogens is 1. The first-order valence-corrected chi connectivity index (χ1v) is 9.41. The highest BCUT2D eigenvalue weighted by Gasteiger charge is 2.13. The summed E-state index contributed by atoms with van der Waals surface area (Å²) in [6.07, 6.45) is 4.06. The van der Waals surface area contributed by atoms with Gasteiger partial charge in [-0.05, 0) is 36.2 Å². The lowest BCUT2D eigenvalue weighted by Gasteiger charge is -2.03. The molecule has 0 aliphatic rings. The fraction of sp³-hybridized carbons (Fsp3) is 0.174. The molecule has 4 aromatic rings. The molecule has 5 nitrogen and oxygen atoms in total. The number of hydrogen-bond acceptors (Lipinski definition) is 5. The predicted molar refractivity (Wildman–Crippen MR) is 109 cm³/mol. The molecule has 29 heavy (non-hydrogen) atoms. The van der Waals surface area contributed by atoms with Gasteiger partial charge in [-0.2, -0.15) is 4.98 Å². The van der Waals surface area contributed by atoms with Crippen molar-refractivity contribution in [2.24, 2.45) is 0 Å². The van der Waals surface area contributed by atoms with E-state index in [1.807, 2.05) is 36.5 Å². The first-order valence-electron chi connectivity index (χ1n) is 9.41. The Hall–Kier alpha value is -3.54. The van der Waals surface area contributed by atoms with Gasteiger partial charge in [0.2, 0.25) is 5.82 Å². The quantitative estimate of drug-likeness (QED) is 0.432. The molecular formula is C23H20FN3O2. The van der Waals surface area contributed by atoms with Crippen molar-refractivity contribution in [2.45, 2.75) is 19.8 Å². The van der Waals surface area contributed by atoms with E-state index in [1.54, 1.807) is 6.07 Å². The lowest BCUT2D eigenvalue weighted by molar-refractivity contribution is 0.386. The highest BCUT2D eigenvalue weighted by atomic mass is 19.1. The standard InChI is InChI=1S/C23H20FN3O2/c1-3-4-15-5-11-20(25-14-15)16-6-8-17(9-7-16)22-26-23(29-27-22)18-10-12-21(28-2)19(24)13-18/h5-14H,3-4H2,1-2H3. The van der Waals surface area contributed by atoms with Crippen LogP contribution < -0.4 is 4.74 Å². The molecule has 2 aromatic heterocycles. The monoisotopic (exact) mass is 389 g/mol. The second-order valence-corrected chi connectivity index (χ2v) is 6.65. The van der Waals surface area contributed by atoms with Crippen molar-refractivity contribution in [3.8, 4) is 39.8 Å². The van der Waals surface area contributed by atoms with Crippen LogP contribution in [0.3, 0.4) is 0 Å². The molecule has 4 rings (SSSR count). The van der Waals surface area contributed by atoms with Gasteiger partial charge >= 0.3 is 0 Å². The molecule has 6 heteroatoms. The third-order valence-corrected chi connectivity index (χ3v) is 4.63. The minimum absolute atomic E-state index is 0.167. The lowest BCUT2D eigenvalue weighted by atomic mass is 10.1. The van der Waals surface area contributed by atoms with Gasteiger partial charge in [-0.1, -0.05) is 48.8 Å². The number of pyridine rings is 1. The van der Waals surface area contributed by atoms with Crippen molar-refractivity contribution in [1.29, 1.82) is 0 Å². The normalized spacial score (nSPS) is 10.9. The molecule has 0 radical (unpaired) electrons. The second-order valence-electron chi connectivity index (χ2n) is 6.65. The second kappa shape index (κ2) is 8.22. The van der Waals surface area contributed by atoms with E-state index >= 15 is 0 Å². The van der Waals surface area contributed by atoms with Gasteiger partial charge in [-0.3, -0.25) is 4.98 Å². The summed E-state index contributed by atoms with van der Waals surface area (Å²) in [4.78, 5) is 8.92. The molecule has 0 amide bonds. The van der Waals surface area contributed by atoms with Crippen LogP contribution in [-0.2, 0) is 6.42 Å². The smallest absolute Gasteiger partial charge is 0.258 e. The van der Waals surface area contributed by atoms with Crippen LogP contribution in [-0.4, -0.2) is 22.2 Å². The van der Waals surface area contributed by atoms with Gasteiger partial charge in [0.25, 0.3) is 5.89 Å². The van der Waals surface area contributed by atoms with Gasteiger partial charge in [-0.15, -0.1) is 0 Å². The van der Waals surface area contributed by atoms with E-state index in [9.17, 15) is 4.39 Å². The Labute approximate surface area is 168 Å². The number of nitrogens with zero attached hydrogens (tertiary/aromatic N) is 3. The van der Waals surface area contributed by atoms with E-state index < -0.39 is 5.82 Å². The van der Waals surface area contributed by atoms with Crippen LogP contribution in [0.15, 0.2) is 65.3 Å². The van der Waals surface area contributed by atoms with Gasteiger partial charge in [0.15, 0.2) is 11.6 Å². The summed E-state index contributed by atoms with van der Waals surface area (Å²) in [6, 6.07) is 16.4. The Balaban J connectivity index is 1.54. The summed E-state index contributed by atoms with van der Waals surface area (Å²) in [6.45, 7) is 2.15. The fourth-order valence-electron chi connectivity index (χ4n) is 3.08. The van der Waals surface area contributed by atoms with Crippen molar-refractivity contribution in [1.82, 2.24) is 15.1 Å². The van der Waals surface area contributed by atoms with Crippen molar-refractivity contribution >= 4 is 0 Å². The highest BCUT2D eigenvalue weighted by molar-refractivity contribution is 5.66. The van der Waals surface area contributed by atoms with Crippen LogP contribution >= 0.6 is 0 Å². The number of benzene rings is 2. The van der Waals surface area contributed by atoms with E-state index in [0.717, 1.165) is 29.7 Å². The molecule has 0 N–H and O–H groups in total. The van der Waals surface area contributed by atoms with E-state index in [2.05, 4.69) is 28.1 Å². The van der Waals surface area contributed by atoms with Gasteiger partial charge in [0.05, 0.1) is 12.8 Å². The molecule has 0 spiro atoms. The third-order valence-electron chi connectivity index (χ3n) is 4.63. The number of ether oxygens (including phenoxy) is 1. The maximum absolute atomic E-state index is 13.9. The number of aryl methyl sites for hydroxylation is 1. The Morgan fingerprint density at radius 1 is 0.966 bits per heavy atom. The maximum atomic E-state index is 13.9. The third kappa shape index (κ3) is 4.01. The van der Waals surface area contributed by atoms with E-state index in [4.69, 9.17) is 9.26 Å². The average molecular weight is 389 g/mol. The van der Waals surface area contributed by atoms with Gasteiger partial charge in [0.1, 0.15) is 0 Å². The summed E-state index contributed by atoms with van der Waals surface area (Å²) in [5, 5.41) is 4.01. The molecule has 146 valence electrons. The van der Waals surface area contributed by atoms with Crippen molar-refractivity contribution in [2.75, 3.05) is 7.11 Å². The molecule has 0 aliphatic carbocycles. The van der Waals surface area contributed by atoms with Crippen LogP contribution in [0.1, 0.15) is 18.9 Å². The summed E-state index contributed by atoms with van der Waals surface area (Å²) >= 11 is 0. The van der Waals surface area contributed by atoms with Gasteiger partial charge in [0, 0.05) is 22.9 Å². The van der Waals surface area contributed by atoms with Crippen LogP contribution in [0, 0.1) is 5.82 Å². The number of aromatic nitrogens is 3. The van der Waals surface area contributed by atoms with Gasteiger partial charge in [-0.25, -0.2) is 4.39 Å². The SMILES string of the molecule is CCCc1ccc(-c2ccc(-c3noc(-c4ccc(OC)c(F)c4)n3)cc2)nc1. The molecule has 0 aliphatic heterocycles. The Bertz CT molecular complexity index is 1110. The van der Waals surface area contributed by atoms with Gasteiger partial charge < -0.3 is 9.26 Å². The zero-order valence-electron chi connectivity index (χ0n) is 16.2. The summed E-state index contributed by atoms with van der Waals surface area (Å²) in [5.41, 5.74) is 4.47. The zero-order valence-corrected chi connectivity index (χ0v) is 16.2. The van der Waals surface area contributed by atoms with Crippen molar-refractivity contribution < 1.29 is 13.7 Å². The van der Waals surface area contributed by atoms with Crippen LogP contribution in [0.2, 0.25) is 0 Å². The largest absolute Gasteiger partial charge is 0.494 e. The fourth-order valence-corrected chi connectivity index (χ4v) is 3.08. The molecular weight excluding hydrogens is 369 g/mol. The number of rotatable bonds is 6. The van der Waals surface area contributed by atoms with E-state index in [-0.39, 0.29) is 11.6 Å². The van der Waals surface area contributed by atoms with Crippen molar-refractivity contribution in [3.05, 3.63) is 72.2 Å². The Morgan fingerprint density at radius 2 is 1.72 bits per heavy atom. The van der Waals surface area contributed by atoms with Crippen molar-refractivity contribution in [3.63, 3.8) is 0 Å². The molecule has 0 saturated carbocycles. The van der Waals surface area contributed by atoms with Crippen LogP contribution in [0.25, 0.3) is 34.1 Å². The molecule has 0 atom stereocenters. The first-order chi connectivity index (χ1) is 14.2. The highest BCUT2D eigenvalue weighted by Crippen LogP contribution is 2.27. The van der Waals surface area contributed by atoms with E-state index in [0.29, 0.717) is 11.4 Å². The zero-order chi connectivity index (χ0) is 20.2. The average Bonchev–Trinajstić information content (AvgIpc) is 3.25. The Kier molecular flexibility index (Phi) is 5.33. The van der Waals surface area contributed by atoms with Crippen LogP contribution in [0.5, 0.6) is 5.75 Å². The minimum atomic E-state index is -0.480. The molecule has 0 fully saturated rings. The van der Waals surface area contributed by atoms with E-state index in [1.165, 1.54) is 24.8 Å².